The molecule has 0 aromatic carbocycles. The summed E-state index contributed by atoms with van der Waals surface area (Å²) in [5.74, 6) is 4.83. The first-order valence-corrected chi connectivity index (χ1v) is 1.82. The smallest absolute Gasteiger partial charge is 0.327 e. The van der Waals surface area contributed by atoms with Crippen LogP contribution in [0.2, 0.25) is 0 Å². The first-order chi connectivity index (χ1) is 3.31. The highest BCUT2D eigenvalue weighted by Crippen LogP contribution is 1.63. The molecule has 0 aliphatic carbocycles. The lowest BCUT2D eigenvalue weighted by Crippen LogP contribution is -2.31. The van der Waals surface area contributed by atoms with Crippen molar-refractivity contribution in [2.45, 2.75) is 0 Å². The minimum Gasteiger partial charge on any atom is -0.394 e. The van der Waals surface area contributed by atoms with Crippen molar-refractivity contribution >= 4 is 6.41 Å². The topological polar surface area (TPSA) is 66.6 Å². The summed E-state index contributed by atoms with van der Waals surface area (Å²) < 4.78 is 0. The van der Waals surface area contributed by atoms with Gasteiger partial charge in [-0.05, 0) is 0 Å². The zero-order valence-corrected chi connectivity index (χ0v) is 3.79. The molecule has 0 heterocycles. The molecule has 0 rings (SSSR count). The van der Waals surface area contributed by atoms with Gasteiger partial charge in [-0.25, -0.2) is 5.84 Å². The molecule has 0 fully saturated rings. The second kappa shape index (κ2) is 3.58. The highest BCUT2D eigenvalue weighted by atomic mass is 16.3. The van der Waals surface area contributed by atoms with Gasteiger partial charge in [0.1, 0.15) is 0 Å². The molecule has 4 heteroatoms. The summed E-state index contributed by atoms with van der Waals surface area (Å²) in [5.41, 5.74) is 0. The van der Waals surface area contributed by atoms with Crippen molar-refractivity contribution in [2.75, 3.05) is 13.2 Å². The average molecular weight is 103 g/mol. The van der Waals surface area contributed by atoms with E-state index in [9.17, 15) is 4.79 Å². The molecule has 0 aliphatic rings. The van der Waals surface area contributed by atoms with Gasteiger partial charge >= 0.3 is 6.41 Å². The Hall–Kier alpha value is -0.610. The van der Waals surface area contributed by atoms with Gasteiger partial charge in [-0.2, -0.15) is 0 Å². The number of nitrogens with two attached hydrogens (primary N) is 1. The lowest BCUT2D eigenvalue weighted by Gasteiger charge is -2.02. The van der Waals surface area contributed by atoms with E-state index in [1.165, 1.54) is 6.41 Å². The van der Waals surface area contributed by atoms with Crippen LogP contribution < -0.4 is 5.84 Å². The van der Waals surface area contributed by atoms with Crippen LogP contribution >= 0.6 is 0 Å². The van der Waals surface area contributed by atoms with Gasteiger partial charge in [0.15, 0.2) is 0 Å². The maximum Gasteiger partial charge on any atom is 0.327 e. The molecule has 3 N–H and O–H groups in total. The maximum atomic E-state index is 9.46. The fourth-order valence-electron chi connectivity index (χ4n) is 0.153. The summed E-state index contributed by atoms with van der Waals surface area (Å²) in [4.78, 5) is 9.46. The number of nitrogens with zero attached hydrogens (tertiary/aromatic N) is 1. The van der Waals surface area contributed by atoms with Gasteiger partial charge in [0.05, 0.1) is 13.2 Å². The highest BCUT2D eigenvalue weighted by molar-refractivity contribution is 5.46. The summed E-state index contributed by atoms with van der Waals surface area (Å²) in [6, 6.07) is 0. The summed E-state index contributed by atoms with van der Waals surface area (Å²) in [6.45, 7) is 0.0231. The fourth-order valence-corrected chi connectivity index (χ4v) is 0.153. The van der Waals surface area contributed by atoms with Crippen molar-refractivity contribution in [1.29, 1.82) is 0 Å². The van der Waals surface area contributed by atoms with Gasteiger partial charge in [0.25, 0.3) is 0 Å². The number of hydrogen-bond acceptors (Lipinski definition) is 3. The molecule has 0 bridgehead atoms. The van der Waals surface area contributed by atoms with Gasteiger partial charge in [-0.15, -0.1) is 0 Å². The predicted molar refractivity (Wildman–Crippen MR) is 23.7 cm³/mol. The van der Waals surface area contributed by atoms with Crippen LogP contribution in [0.1, 0.15) is 0 Å². The number of rotatable bonds is 3. The Morgan fingerprint density at radius 1 is 1.86 bits per heavy atom. The van der Waals surface area contributed by atoms with Crippen molar-refractivity contribution in [2.24, 2.45) is 5.84 Å². The molecular weight excluding hydrogens is 96.0 g/mol. The number of amides is 1. The number of hydrazine groups is 1. The Kier molecular flexibility index (Phi) is 3.26. The molecule has 0 saturated heterocycles. The Morgan fingerprint density at radius 3 is 2.57 bits per heavy atom. The minimum atomic E-state index is -0.119. The molecule has 41 valence electrons. The van der Waals surface area contributed by atoms with Crippen LogP contribution in [0.4, 0.5) is 0 Å². The summed E-state index contributed by atoms with van der Waals surface area (Å²) in [6.07, 6.45) is 1.37. The Labute approximate surface area is 41.5 Å². The largest absolute Gasteiger partial charge is 0.394 e. The zero-order chi connectivity index (χ0) is 5.70. The van der Waals surface area contributed by atoms with Gasteiger partial charge in [-0.1, -0.05) is 0 Å². The van der Waals surface area contributed by atoms with Crippen molar-refractivity contribution in [3.63, 3.8) is 0 Å². The van der Waals surface area contributed by atoms with Crippen LogP contribution in [-0.2, 0) is 4.79 Å². The Balaban J connectivity index is 2.98. The third kappa shape index (κ3) is 3.21. The van der Waals surface area contributed by atoms with E-state index in [0.29, 0.717) is 0 Å². The van der Waals surface area contributed by atoms with Crippen molar-refractivity contribution in [1.82, 2.24) is 5.01 Å². The van der Waals surface area contributed by atoms with Crippen LogP contribution in [0.15, 0.2) is 0 Å². The van der Waals surface area contributed by atoms with Crippen LogP contribution in [0, 0.1) is 0 Å². The SMILES string of the molecule is NN([C]=O)CCO. The number of carbonyl (C=O) groups excluding carboxylic acids is 1. The summed E-state index contributed by atoms with van der Waals surface area (Å²) in [7, 11) is 0. The number of aliphatic hydroxyl groups excluding tert-OH is 1. The average Bonchev–Trinajstić information content (AvgIpc) is 1.68. The Morgan fingerprint density at radius 2 is 2.43 bits per heavy atom. The third-order valence-corrected chi connectivity index (χ3v) is 0.458. The lowest BCUT2D eigenvalue weighted by atomic mass is 10.7. The summed E-state index contributed by atoms with van der Waals surface area (Å²) >= 11 is 0. The van der Waals surface area contributed by atoms with E-state index in [2.05, 4.69) is 0 Å². The minimum absolute atomic E-state index is 0.119. The normalized spacial score (nSPS) is 8.29. The standard InChI is InChI=1S/C3H7N2O2/c4-5(3-7)1-2-6/h6H,1-2,4H2. The first kappa shape index (κ1) is 6.39. The number of aliphatic hydroxyl groups is 1. The zero-order valence-electron chi connectivity index (χ0n) is 3.79. The molecule has 1 radical (unpaired) electrons. The summed E-state index contributed by atoms with van der Waals surface area (Å²) in [5, 5.41) is 8.82. The van der Waals surface area contributed by atoms with E-state index >= 15 is 0 Å². The van der Waals surface area contributed by atoms with Crippen LogP contribution in [0.25, 0.3) is 0 Å². The molecule has 4 nitrogen and oxygen atoms in total. The molecule has 0 saturated carbocycles. The molecule has 0 atom stereocenters. The quantitative estimate of drug-likeness (QED) is 0.192. The van der Waals surface area contributed by atoms with Crippen molar-refractivity contribution in [3.05, 3.63) is 0 Å². The van der Waals surface area contributed by atoms with E-state index < -0.39 is 0 Å². The fraction of sp³-hybridized carbons (Fsp3) is 0.667. The first-order valence-electron chi connectivity index (χ1n) is 1.82. The van der Waals surface area contributed by atoms with Crippen LogP contribution in [-0.4, -0.2) is 29.7 Å². The highest BCUT2D eigenvalue weighted by Gasteiger charge is 1.88. The van der Waals surface area contributed by atoms with Gasteiger partial charge in [0.2, 0.25) is 0 Å². The molecule has 7 heavy (non-hydrogen) atoms. The van der Waals surface area contributed by atoms with E-state index in [1.54, 1.807) is 0 Å². The molecule has 0 aliphatic heterocycles. The molecule has 0 spiro atoms. The van der Waals surface area contributed by atoms with E-state index in [-0.39, 0.29) is 13.2 Å². The van der Waals surface area contributed by atoms with Crippen molar-refractivity contribution in [3.8, 4) is 0 Å². The monoisotopic (exact) mass is 103 g/mol. The molecule has 0 aromatic rings. The molecule has 0 aromatic heterocycles. The van der Waals surface area contributed by atoms with Crippen molar-refractivity contribution < 1.29 is 9.90 Å². The van der Waals surface area contributed by atoms with Crippen LogP contribution in [0.3, 0.4) is 0 Å². The molecule has 1 amide bonds. The van der Waals surface area contributed by atoms with Crippen LogP contribution in [0.5, 0.6) is 0 Å². The Bertz CT molecular complexity index is 56.9. The maximum absolute atomic E-state index is 9.46. The van der Waals surface area contributed by atoms with E-state index in [4.69, 9.17) is 10.9 Å². The molecular formula is C3H7N2O2. The van der Waals surface area contributed by atoms with Gasteiger partial charge in [-0.3, -0.25) is 9.80 Å². The van der Waals surface area contributed by atoms with Gasteiger partial charge < -0.3 is 5.11 Å². The second-order valence-electron chi connectivity index (χ2n) is 1.01. The van der Waals surface area contributed by atoms with Gasteiger partial charge in [0, 0.05) is 0 Å². The number of hydrogen-bond donors (Lipinski definition) is 2. The van der Waals surface area contributed by atoms with E-state index in [1.807, 2.05) is 0 Å². The second-order valence-corrected chi connectivity index (χ2v) is 1.01. The third-order valence-electron chi connectivity index (χ3n) is 0.458. The lowest BCUT2D eigenvalue weighted by molar-refractivity contribution is 0.247. The predicted octanol–water partition coefficient (Wildman–Crippen LogP) is -1.78. The van der Waals surface area contributed by atoms with E-state index in [0.717, 1.165) is 5.01 Å². The molecule has 0 unspecified atom stereocenters.